The number of pyridine rings is 1. The maximum Gasteiger partial charge on any atom is 0.257 e. The molecule has 1 aliphatic rings. The van der Waals surface area contributed by atoms with E-state index in [9.17, 15) is 9.59 Å². The average molecular weight is 461 g/mol. The largest absolute Gasteiger partial charge is 0.357 e. The Morgan fingerprint density at radius 2 is 1.73 bits per heavy atom. The Hall–Kier alpha value is -3.51. The Balaban J connectivity index is 1.50. The summed E-state index contributed by atoms with van der Waals surface area (Å²) < 4.78 is 0. The van der Waals surface area contributed by atoms with Gasteiger partial charge in [-0.25, -0.2) is 4.98 Å². The molecule has 0 radical (unpaired) electrons. The lowest BCUT2D eigenvalue weighted by molar-refractivity contribution is 0.0992. The Morgan fingerprint density at radius 1 is 1.03 bits per heavy atom. The standard InChI is InChI=1S/C26H25ClN4O2/c1-17-5-4-6-21(26(33)30-24-12-11-20(27)16-29-24)22(17)15-23(32)18-7-9-19(10-8-18)25(28)31-13-2-3-14-31/h4-12,16,28H,2-3,13-15H2,1H3,(H,29,30,33). The number of carbonyl (C=O) groups is 2. The number of amides is 1. The van der Waals surface area contributed by atoms with Crippen LogP contribution in [0.1, 0.15) is 50.2 Å². The van der Waals surface area contributed by atoms with Crippen molar-refractivity contribution in [1.82, 2.24) is 9.88 Å². The van der Waals surface area contributed by atoms with Crippen molar-refractivity contribution in [3.8, 4) is 0 Å². The van der Waals surface area contributed by atoms with Gasteiger partial charge in [0, 0.05) is 42.4 Å². The van der Waals surface area contributed by atoms with Gasteiger partial charge in [-0.3, -0.25) is 15.0 Å². The van der Waals surface area contributed by atoms with Gasteiger partial charge < -0.3 is 10.2 Å². The highest BCUT2D eigenvalue weighted by atomic mass is 35.5. The quantitative estimate of drug-likeness (QED) is 0.303. The maximum atomic E-state index is 13.1. The normalized spacial score (nSPS) is 13.1. The van der Waals surface area contributed by atoms with Crippen LogP contribution in [-0.4, -0.2) is 40.5 Å². The molecule has 0 saturated carbocycles. The van der Waals surface area contributed by atoms with E-state index in [1.807, 2.05) is 25.1 Å². The lowest BCUT2D eigenvalue weighted by Crippen LogP contribution is -2.27. The lowest BCUT2D eigenvalue weighted by atomic mass is 9.94. The van der Waals surface area contributed by atoms with E-state index in [1.165, 1.54) is 6.20 Å². The molecule has 0 spiro atoms. The number of amidine groups is 1. The average Bonchev–Trinajstić information content (AvgIpc) is 3.36. The van der Waals surface area contributed by atoms with Crippen LogP contribution in [-0.2, 0) is 6.42 Å². The Labute approximate surface area is 198 Å². The van der Waals surface area contributed by atoms with Gasteiger partial charge in [0.05, 0.1) is 5.02 Å². The van der Waals surface area contributed by atoms with Crippen LogP contribution in [0.4, 0.5) is 5.82 Å². The third kappa shape index (κ3) is 5.29. The summed E-state index contributed by atoms with van der Waals surface area (Å²) in [6.07, 6.45) is 3.79. The van der Waals surface area contributed by atoms with Crippen LogP contribution in [0.5, 0.6) is 0 Å². The van der Waals surface area contributed by atoms with E-state index in [-0.39, 0.29) is 18.1 Å². The van der Waals surface area contributed by atoms with Crippen LogP contribution in [0.3, 0.4) is 0 Å². The zero-order valence-electron chi connectivity index (χ0n) is 18.4. The summed E-state index contributed by atoms with van der Waals surface area (Å²) in [5, 5.41) is 11.6. The molecular weight excluding hydrogens is 436 g/mol. The number of aromatic nitrogens is 1. The monoisotopic (exact) mass is 460 g/mol. The van der Waals surface area contributed by atoms with E-state index in [4.69, 9.17) is 17.0 Å². The van der Waals surface area contributed by atoms with Gasteiger partial charge in [-0.15, -0.1) is 0 Å². The highest BCUT2D eigenvalue weighted by molar-refractivity contribution is 6.30. The van der Waals surface area contributed by atoms with E-state index in [1.54, 1.807) is 36.4 Å². The molecule has 33 heavy (non-hydrogen) atoms. The van der Waals surface area contributed by atoms with Gasteiger partial charge in [0.2, 0.25) is 0 Å². The summed E-state index contributed by atoms with van der Waals surface area (Å²) >= 11 is 5.86. The first-order valence-corrected chi connectivity index (χ1v) is 11.3. The molecule has 2 heterocycles. The number of Topliss-reactive ketones (excluding diaryl/α,β-unsaturated/α-hetero) is 1. The van der Waals surface area contributed by atoms with Crippen molar-refractivity contribution in [3.05, 3.63) is 93.6 Å². The van der Waals surface area contributed by atoms with Crippen molar-refractivity contribution in [1.29, 1.82) is 5.41 Å². The van der Waals surface area contributed by atoms with Gasteiger partial charge in [-0.05, 0) is 49.1 Å². The molecule has 0 bridgehead atoms. The number of aryl methyl sites for hydroxylation is 1. The summed E-state index contributed by atoms with van der Waals surface area (Å²) in [4.78, 5) is 32.1. The predicted molar refractivity (Wildman–Crippen MR) is 130 cm³/mol. The molecule has 2 N–H and O–H groups in total. The molecule has 1 aliphatic heterocycles. The molecule has 1 aromatic heterocycles. The number of nitrogens with one attached hydrogen (secondary N) is 2. The van der Waals surface area contributed by atoms with Gasteiger partial charge in [-0.1, -0.05) is 48.0 Å². The second-order valence-corrected chi connectivity index (χ2v) is 8.57. The van der Waals surface area contributed by atoms with Crippen molar-refractivity contribution in [2.24, 2.45) is 0 Å². The fourth-order valence-electron chi connectivity index (χ4n) is 3.98. The van der Waals surface area contributed by atoms with Crippen LogP contribution in [0, 0.1) is 12.3 Å². The van der Waals surface area contributed by atoms with Crippen LogP contribution >= 0.6 is 11.6 Å². The molecule has 4 rings (SSSR count). The summed E-state index contributed by atoms with van der Waals surface area (Å²) in [5.41, 5.74) is 3.35. The minimum Gasteiger partial charge on any atom is -0.357 e. The number of halogens is 1. The van der Waals surface area contributed by atoms with Crippen molar-refractivity contribution in [2.75, 3.05) is 18.4 Å². The molecule has 2 aromatic carbocycles. The Morgan fingerprint density at radius 3 is 2.39 bits per heavy atom. The number of anilines is 1. The van der Waals surface area contributed by atoms with E-state index in [0.717, 1.165) is 37.1 Å². The molecule has 0 unspecified atom stereocenters. The topological polar surface area (TPSA) is 86.1 Å². The second-order valence-electron chi connectivity index (χ2n) is 8.14. The van der Waals surface area contributed by atoms with Gasteiger partial charge in [0.1, 0.15) is 11.7 Å². The van der Waals surface area contributed by atoms with Crippen LogP contribution in [0.15, 0.2) is 60.8 Å². The fourth-order valence-corrected chi connectivity index (χ4v) is 4.09. The zero-order chi connectivity index (χ0) is 23.4. The minimum absolute atomic E-state index is 0.0813. The smallest absolute Gasteiger partial charge is 0.257 e. The highest BCUT2D eigenvalue weighted by Gasteiger charge is 2.19. The van der Waals surface area contributed by atoms with Gasteiger partial charge in [0.25, 0.3) is 5.91 Å². The molecule has 1 amide bonds. The fraction of sp³-hybridized carbons (Fsp3) is 0.231. The number of rotatable bonds is 6. The number of ketones is 1. The number of nitrogens with zero attached hydrogens (tertiary/aromatic N) is 2. The molecular formula is C26H25ClN4O2. The Bertz CT molecular complexity index is 1180. The summed E-state index contributed by atoms with van der Waals surface area (Å²) in [7, 11) is 0. The molecule has 1 saturated heterocycles. The third-order valence-electron chi connectivity index (χ3n) is 5.86. The maximum absolute atomic E-state index is 13.1. The molecule has 0 atom stereocenters. The SMILES string of the molecule is Cc1cccc(C(=O)Nc2ccc(Cl)cn2)c1CC(=O)c1ccc(C(=N)N2CCCC2)cc1. The predicted octanol–water partition coefficient (Wildman–Crippen LogP) is 5.14. The summed E-state index contributed by atoms with van der Waals surface area (Å²) in [6, 6.07) is 15.8. The second kappa shape index (κ2) is 9.96. The zero-order valence-corrected chi connectivity index (χ0v) is 19.2. The number of hydrogen-bond acceptors (Lipinski definition) is 4. The summed E-state index contributed by atoms with van der Waals surface area (Å²) in [6.45, 7) is 3.70. The van der Waals surface area contributed by atoms with Gasteiger partial charge in [0.15, 0.2) is 5.78 Å². The van der Waals surface area contributed by atoms with Crippen molar-refractivity contribution >= 4 is 34.9 Å². The van der Waals surface area contributed by atoms with Crippen LogP contribution in [0.25, 0.3) is 0 Å². The first-order chi connectivity index (χ1) is 15.9. The third-order valence-corrected chi connectivity index (χ3v) is 6.09. The molecule has 3 aromatic rings. The molecule has 6 nitrogen and oxygen atoms in total. The van der Waals surface area contributed by atoms with Crippen LogP contribution < -0.4 is 5.32 Å². The van der Waals surface area contributed by atoms with E-state index in [2.05, 4.69) is 15.2 Å². The number of hydrogen-bond donors (Lipinski definition) is 2. The van der Waals surface area contributed by atoms with Gasteiger partial charge >= 0.3 is 0 Å². The lowest BCUT2D eigenvalue weighted by Gasteiger charge is -2.18. The van der Waals surface area contributed by atoms with E-state index in [0.29, 0.717) is 33.4 Å². The first-order valence-electron chi connectivity index (χ1n) is 10.9. The summed E-state index contributed by atoms with van der Waals surface area (Å²) in [5.74, 6) is 0.479. The number of likely N-dealkylation sites (tertiary alicyclic amines) is 1. The molecule has 168 valence electrons. The van der Waals surface area contributed by atoms with Crippen LogP contribution in [0.2, 0.25) is 5.02 Å². The van der Waals surface area contributed by atoms with E-state index >= 15 is 0 Å². The van der Waals surface area contributed by atoms with Crippen molar-refractivity contribution < 1.29 is 9.59 Å². The number of benzene rings is 2. The van der Waals surface area contributed by atoms with Crippen molar-refractivity contribution in [2.45, 2.75) is 26.2 Å². The molecule has 1 fully saturated rings. The molecule has 0 aliphatic carbocycles. The van der Waals surface area contributed by atoms with Gasteiger partial charge in [-0.2, -0.15) is 0 Å². The van der Waals surface area contributed by atoms with E-state index < -0.39 is 0 Å². The Kier molecular flexibility index (Phi) is 6.84. The highest BCUT2D eigenvalue weighted by Crippen LogP contribution is 2.20. The first kappa shape index (κ1) is 22.7. The van der Waals surface area contributed by atoms with Crippen molar-refractivity contribution in [3.63, 3.8) is 0 Å². The molecule has 7 heteroatoms. The minimum atomic E-state index is -0.328. The number of carbonyl (C=O) groups excluding carboxylic acids is 2.